The number of fused-ring (bicyclic) bond motifs is 5. The molecule has 2 saturated carbocycles. The molecule has 2 nitrogen and oxygen atoms in total. The van der Waals surface area contributed by atoms with Gasteiger partial charge < -0.3 is 4.79 Å². The Morgan fingerprint density at radius 1 is 1.19 bits per heavy atom. The van der Waals surface area contributed by atoms with E-state index >= 15 is 0 Å². The number of carbonyl (C=O) groups excluding carboxylic acids is 2. The number of rotatable bonds is 1. The molecule has 2 heteroatoms. The maximum absolute atomic E-state index is 12.1. The summed E-state index contributed by atoms with van der Waals surface area (Å²) in [6.45, 7) is 2.46. The highest BCUT2D eigenvalue weighted by Gasteiger charge is 2.56. The van der Waals surface area contributed by atoms with E-state index in [0.717, 1.165) is 24.3 Å². The summed E-state index contributed by atoms with van der Waals surface area (Å²) in [4.78, 5) is 23.8. The average Bonchev–Trinajstić information content (AvgIpc) is 2.88. The van der Waals surface area contributed by atoms with Gasteiger partial charge in [0.25, 0.3) is 0 Å². The van der Waals surface area contributed by atoms with Crippen molar-refractivity contribution in [1.82, 2.24) is 0 Å². The summed E-state index contributed by atoms with van der Waals surface area (Å²) < 4.78 is 0. The summed E-state index contributed by atoms with van der Waals surface area (Å²) in [7, 11) is 0. The number of hydrogen-bond donors (Lipinski definition) is 0. The molecule has 0 unspecified atom stereocenters. The van der Waals surface area contributed by atoms with Gasteiger partial charge in [0.15, 0.2) is 5.78 Å². The normalized spacial score (nSPS) is 48.1. The minimum absolute atomic E-state index is 0.187. The maximum Gasteiger partial charge on any atom is 0.156 e. The van der Waals surface area contributed by atoms with Gasteiger partial charge in [-0.2, -0.15) is 0 Å². The van der Waals surface area contributed by atoms with Crippen molar-refractivity contribution in [2.45, 2.75) is 51.9 Å². The summed E-state index contributed by atoms with van der Waals surface area (Å²) in [5, 5.41) is 0. The Labute approximate surface area is 126 Å². The minimum atomic E-state index is -0.364. The first kappa shape index (κ1) is 13.5. The van der Waals surface area contributed by atoms with Gasteiger partial charge in [-0.3, -0.25) is 4.79 Å². The molecule has 0 aromatic carbocycles. The van der Waals surface area contributed by atoms with Crippen molar-refractivity contribution in [3.8, 4) is 0 Å². The molecular weight excluding hydrogens is 260 g/mol. The Morgan fingerprint density at radius 3 is 2.86 bits per heavy atom. The van der Waals surface area contributed by atoms with E-state index in [2.05, 4.69) is 19.1 Å². The van der Waals surface area contributed by atoms with Crippen LogP contribution in [-0.4, -0.2) is 12.1 Å². The van der Waals surface area contributed by atoms with Gasteiger partial charge in [0.2, 0.25) is 0 Å². The van der Waals surface area contributed by atoms with Crippen LogP contribution in [0.5, 0.6) is 0 Å². The largest absolute Gasteiger partial charge is 0.302 e. The molecule has 0 aromatic heterocycles. The third-order valence-corrected chi connectivity index (χ3v) is 7.12. The van der Waals surface area contributed by atoms with Crippen LogP contribution in [-0.2, 0) is 9.59 Å². The Hall–Kier alpha value is -1.18. The van der Waals surface area contributed by atoms with Gasteiger partial charge in [0.05, 0.1) is 5.41 Å². The highest BCUT2D eigenvalue weighted by molar-refractivity contribution is 5.94. The first-order valence-electron chi connectivity index (χ1n) is 8.49. The first-order valence-corrected chi connectivity index (χ1v) is 8.49. The fourth-order valence-corrected chi connectivity index (χ4v) is 5.94. The van der Waals surface area contributed by atoms with E-state index in [1.165, 1.54) is 32.0 Å². The van der Waals surface area contributed by atoms with Crippen molar-refractivity contribution < 1.29 is 9.59 Å². The number of allylic oxidation sites excluding steroid dienone is 4. The van der Waals surface area contributed by atoms with Crippen LogP contribution in [0.25, 0.3) is 0 Å². The first-order chi connectivity index (χ1) is 10.1. The molecule has 21 heavy (non-hydrogen) atoms. The zero-order valence-corrected chi connectivity index (χ0v) is 12.8. The van der Waals surface area contributed by atoms with Crippen LogP contribution in [0.3, 0.4) is 0 Å². The topological polar surface area (TPSA) is 34.1 Å². The molecule has 0 spiro atoms. The quantitative estimate of drug-likeness (QED) is 0.685. The van der Waals surface area contributed by atoms with Gasteiger partial charge in [-0.25, -0.2) is 0 Å². The summed E-state index contributed by atoms with van der Waals surface area (Å²) in [5.41, 5.74) is 1.12. The van der Waals surface area contributed by atoms with Crippen LogP contribution in [0.4, 0.5) is 0 Å². The maximum atomic E-state index is 12.1. The third kappa shape index (κ3) is 1.71. The van der Waals surface area contributed by atoms with E-state index in [0.29, 0.717) is 23.7 Å². The van der Waals surface area contributed by atoms with Crippen LogP contribution in [0.1, 0.15) is 51.9 Å². The molecule has 0 saturated heterocycles. The lowest BCUT2D eigenvalue weighted by molar-refractivity contribution is -0.124. The number of carbonyl (C=O) groups is 2. The van der Waals surface area contributed by atoms with Gasteiger partial charge in [-0.15, -0.1) is 0 Å². The van der Waals surface area contributed by atoms with Crippen molar-refractivity contribution in [2.24, 2.45) is 28.6 Å². The molecule has 0 bridgehead atoms. The highest BCUT2D eigenvalue weighted by Crippen LogP contribution is 2.63. The molecule has 0 amide bonds. The van der Waals surface area contributed by atoms with Crippen LogP contribution in [0, 0.1) is 28.6 Å². The van der Waals surface area contributed by atoms with E-state index in [4.69, 9.17) is 0 Å². The van der Waals surface area contributed by atoms with Crippen LogP contribution in [0.2, 0.25) is 0 Å². The SMILES string of the molecule is C[C@@]12CCC[C@H]1[C@@H]1C=CC3=CC(=O)CC[C@]3(C=O)[C@H]1CC2. The number of aldehydes is 1. The van der Waals surface area contributed by atoms with Crippen molar-refractivity contribution >= 4 is 12.1 Å². The summed E-state index contributed by atoms with van der Waals surface area (Å²) >= 11 is 0. The molecule has 4 aliphatic carbocycles. The van der Waals surface area contributed by atoms with E-state index in [-0.39, 0.29) is 11.2 Å². The highest BCUT2D eigenvalue weighted by atomic mass is 16.1. The van der Waals surface area contributed by atoms with Crippen LogP contribution in [0.15, 0.2) is 23.8 Å². The fraction of sp³-hybridized carbons (Fsp3) is 0.684. The molecule has 0 radical (unpaired) electrons. The van der Waals surface area contributed by atoms with Gasteiger partial charge in [0.1, 0.15) is 6.29 Å². The Morgan fingerprint density at radius 2 is 2.05 bits per heavy atom. The molecular formula is C19H24O2. The molecule has 0 aliphatic heterocycles. The molecule has 112 valence electrons. The summed E-state index contributed by atoms with van der Waals surface area (Å²) in [6.07, 6.45) is 15.1. The number of ketones is 1. The lowest BCUT2D eigenvalue weighted by Gasteiger charge is -2.54. The second kappa shape index (κ2) is 4.41. The van der Waals surface area contributed by atoms with Gasteiger partial charge in [-0.05, 0) is 66.9 Å². The Balaban J connectivity index is 1.79. The zero-order chi connectivity index (χ0) is 14.7. The molecule has 2 fully saturated rings. The fourth-order valence-electron chi connectivity index (χ4n) is 5.94. The van der Waals surface area contributed by atoms with E-state index in [9.17, 15) is 9.59 Å². The minimum Gasteiger partial charge on any atom is -0.302 e. The van der Waals surface area contributed by atoms with Gasteiger partial charge in [-0.1, -0.05) is 25.5 Å². The molecule has 4 aliphatic rings. The van der Waals surface area contributed by atoms with Crippen molar-refractivity contribution in [3.63, 3.8) is 0 Å². The predicted octanol–water partition coefficient (Wildman–Crippen LogP) is 3.86. The monoisotopic (exact) mass is 284 g/mol. The molecule has 5 atom stereocenters. The van der Waals surface area contributed by atoms with Gasteiger partial charge >= 0.3 is 0 Å². The molecule has 0 aromatic rings. The van der Waals surface area contributed by atoms with Gasteiger partial charge in [0, 0.05) is 6.42 Å². The third-order valence-electron chi connectivity index (χ3n) is 7.12. The van der Waals surface area contributed by atoms with E-state index < -0.39 is 0 Å². The lowest BCUT2D eigenvalue weighted by Crippen LogP contribution is -2.49. The van der Waals surface area contributed by atoms with Crippen LogP contribution < -0.4 is 0 Å². The molecule has 0 heterocycles. The summed E-state index contributed by atoms with van der Waals surface area (Å²) in [6, 6.07) is 0. The molecule has 4 rings (SSSR count). The smallest absolute Gasteiger partial charge is 0.156 e. The van der Waals surface area contributed by atoms with Crippen molar-refractivity contribution in [1.29, 1.82) is 0 Å². The second-order valence-electron chi connectivity index (χ2n) is 7.96. The zero-order valence-electron chi connectivity index (χ0n) is 12.8. The van der Waals surface area contributed by atoms with Crippen LogP contribution >= 0.6 is 0 Å². The van der Waals surface area contributed by atoms with Crippen molar-refractivity contribution in [2.75, 3.05) is 0 Å². The predicted molar refractivity (Wildman–Crippen MR) is 81.6 cm³/mol. The van der Waals surface area contributed by atoms with E-state index in [1.54, 1.807) is 6.08 Å². The van der Waals surface area contributed by atoms with E-state index in [1.807, 2.05) is 0 Å². The summed E-state index contributed by atoms with van der Waals surface area (Å²) in [5.74, 6) is 1.90. The van der Waals surface area contributed by atoms with Crippen molar-refractivity contribution in [3.05, 3.63) is 23.8 Å². The number of hydrogen-bond acceptors (Lipinski definition) is 2. The Kier molecular flexibility index (Phi) is 2.83. The molecule has 0 N–H and O–H groups in total. The lowest BCUT2D eigenvalue weighted by atomic mass is 9.49. The Bertz CT molecular complexity index is 558. The second-order valence-corrected chi connectivity index (χ2v) is 7.96. The standard InChI is InChI=1S/C19H24O2/c1-18-8-2-3-16(18)15-5-4-13-11-14(21)6-10-19(13,12-20)17(15)7-9-18/h4-5,11-12,15-17H,2-3,6-10H2,1H3/t15-,16-,17-,18-,19+/m0/s1. The average molecular weight is 284 g/mol.